The molecule has 2 rings (SSSR count). The van der Waals surface area contributed by atoms with Gasteiger partial charge in [0.1, 0.15) is 11.6 Å². The van der Waals surface area contributed by atoms with Crippen LogP contribution in [0, 0.1) is 5.82 Å². The van der Waals surface area contributed by atoms with Gasteiger partial charge < -0.3 is 4.74 Å². The van der Waals surface area contributed by atoms with E-state index in [0.29, 0.717) is 12.2 Å². The molecule has 0 radical (unpaired) electrons. The molecule has 0 spiro atoms. The number of ether oxygens (including phenoxy) is 1. The van der Waals surface area contributed by atoms with Crippen molar-refractivity contribution in [3.05, 3.63) is 63.9 Å². The average molecular weight is 388 g/mol. The zero-order chi connectivity index (χ0) is 13.8. The van der Waals surface area contributed by atoms with E-state index in [0.717, 1.165) is 15.8 Å². The maximum atomic E-state index is 13.9. The molecule has 100 valence electrons. The molecule has 2 aromatic rings. The van der Waals surface area contributed by atoms with Gasteiger partial charge in [-0.05, 0) is 36.8 Å². The Hall–Kier alpha value is -0.870. The lowest BCUT2D eigenvalue weighted by molar-refractivity contribution is 0.340. The molecule has 1 nitrogen and oxygen atoms in total. The summed E-state index contributed by atoms with van der Waals surface area (Å²) in [6, 6.07) is 12.7. The summed E-state index contributed by atoms with van der Waals surface area (Å²) in [5, 5.41) is 0. The number of halogens is 3. The molecule has 0 bridgehead atoms. The van der Waals surface area contributed by atoms with Crippen molar-refractivity contribution in [2.24, 2.45) is 0 Å². The fraction of sp³-hybridized carbons (Fsp3) is 0.200. The van der Waals surface area contributed by atoms with Gasteiger partial charge in [-0.25, -0.2) is 4.39 Å². The molecule has 19 heavy (non-hydrogen) atoms. The first kappa shape index (κ1) is 14.5. The van der Waals surface area contributed by atoms with Crippen LogP contribution in [-0.2, 0) is 0 Å². The van der Waals surface area contributed by atoms with E-state index < -0.39 is 0 Å². The zero-order valence-electron chi connectivity index (χ0n) is 10.4. The highest BCUT2D eigenvalue weighted by Crippen LogP contribution is 2.34. The molecule has 2 aromatic carbocycles. The Morgan fingerprint density at radius 3 is 2.42 bits per heavy atom. The van der Waals surface area contributed by atoms with E-state index in [1.165, 1.54) is 6.07 Å². The van der Waals surface area contributed by atoms with Gasteiger partial charge in [-0.3, -0.25) is 0 Å². The molecule has 0 aliphatic rings. The van der Waals surface area contributed by atoms with Crippen LogP contribution in [0.1, 0.15) is 22.9 Å². The van der Waals surface area contributed by atoms with Crippen molar-refractivity contribution in [3.8, 4) is 5.75 Å². The van der Waals surface area contributed by atoms with E-state index in [4.69, 9.17) is 4.74 Å². The largest absolute Gasteiger partial charge is 0.494 e. The fourth-order valence-electron chi connectivity index (χ4n) is 1.79. The third-order valence-electron chi connectivity index (χ3n) is 2.72. The molecule has 4 heteroatoms. The average Bonchev–Trinajstić information content (AvgIpc) is 2.39. The molecule has 0 saturated heterocycles. The minimum Gasteiger partial charge on any atom is -0.494 e. The minimum atomic E-state index is -0.231. The summed E-state index contributed by atoms with van der Waals surface area (Å²) in [6.07, 6.45) is 0. The van der Waals surface area contributed by atoms with Crippen LogP contribution < -0.4 is 4.74 Å². The summed E-state index contributed by atoms with van der Waals surface area (Å²) in [5.41, 5.74) is 1.61. The Labute approximate surface area is 129 Å². The minimum absolute atomic E-state index is 0.170. The molecule has 0 N–H and O–H groups in total. The van der Waals surface area contributed by atoms with E-state index in [2.05, 4.69) is 31.9 Å². The molecule has 0 saturated carbocycles. The molecule has 0 aliphatic carbocycles. The lowest BCUT2D eigenvalue weighted by atomic mass is 10.0. The molecule has 0 aromatic heterocycles. The van der Waals surface area contributed by atoms with Crippen LogP contribution in [0.2, 0.25) is 0 Å². The molecule has 1 unspecified atom stereocenters. The molecule has 0 heterocycles. The second kappa shape index (κ2) is 6.53. The van der Waals surface area contributed by atoms with Gasteiger partial charge >= 0.3 is 0 Å². The normalized spacial score (nSPS) is 12.2. The lowest BCUT2D eigenvalue weighted by Crippen LogP contribution is -1.97. The smallest absolute Gasteiger partial charge is 0.129 e. The molecule has 0 aliphatic heterocycles. The van der Waals surface area contributed by atoms with Crippen molar-refractivity contribution in [2.75, 3.05) is 6.61 Å². The standard InChI is InChI=1S/C15H13Br2FO/c1-2-19-12-6-3-10(4-7-12)15(17)13-8-5-11(16)9-14(13)18/h3-9,15H,2H2,1H3. The monoisotopic (exact) mass is 386 g/mol. The fourth-order valence-corrected chi connectivity index (χ4v) is 2.80. The maximum Gasteiger partial charge on any atom is 0.129 e. The van der Waals surface area contributed by atoms with E-state index in [1.807, 2.05) is 37.3 Å². The van der Waals surface area contributed by atoms with Crippen LogP contribution in [-0.4, -0.2) is 6.61 Å². The van der Waals surface area contributed by atoms with Crippen LogP contribution >= 0.6 is 31.9 Å². The number of hydrogen-bond donors (Lipinski definition) is 0. The summed E-state index contributed by atoms with van der Waals surface area (Å²) in [6.45, 7) is 2.58. The Morgan fingerprint density at radius 1 is 1.16 bits per heavy atom. The van der Waals surface area contributed by atoms with Crippen molar-refractivity contribution in [1.82, 2.24) is 0 Å². The number of rotatable bonds is 4. The summed E-state index contributed by atoms with van der Waals surface area (Å²) in [4.78, 5) is -0.170. The van der Waals surface area contributed by atoms with Gasteiger partial charge in [-0.15, -0.1) is 0 Å². The number of benzene rings is 2. The molecular formula is C15H13Br2FO. The third kappa shape index (κ3) is 3.57. The highest BCUT2D eigenvalue weighted by molar-refractivity contribution is 9.10. The summed E-state index contributed by atoms with van der Waals surface area (Å²) >= 11 is 6.79. The highest BCUT2D eigenvalue weighted by atomic mass is 79.9. The van der Waals surface area contributed by atoms with Crippen molar-refractivity contribution in [2.45, 2.75) is 11.8 Å². The SMILES string of the molecule is CCOc1ccc(C(Br)c2ccc(Br)cc2F)cc1. The van der Waals surface area contributed by atoms with Gasteiger partial charge in [0.05, 0.1) is 11.4 Å². The Bertz CT molecular complexity index is 555. The number of alkyl halides is 1. The summed E-state index contributed by atoms with van der Waals surface area (Å²) in [5.74, 6) is 0.590. The molecule has 0 amide bonds. The first-order valence-electron chi connectivity index (χ1n) is 5.93. The first-order valence-corrected chi connectivity index (χ1v) is 7.64. The van der Waals surface area contributed by atoms with Crippen LogP contribution in [0.25, 0.3) is 0 Å². The third-order valence-corrected chi connectivity index (χ3v) is 4.23. The topological polar surface area (TPSA) is 9.23 Å². The van der Waals surface area contributed by atoms with E-state index >= 15 is 0 Å². The van der Waals surface area contributed by atoms with Crippen molar-refractivity contribution < 1.29 is 9.13 Å². The van der Waals surface area contributed by atoms with Gasteiger partial charge in [0.25, 0.3) is 0 Å². The number of hydrogen-bond acceptors (Lipinski definition) is 1. The van der Waals surface area contributed by atoms with Crippen molar-refractivity contribution in [3.63, 3.8) is 0 Å². The van der Waals surface area contributed by atoms with Gasteiger partial charge in [-0.2, -0.15) is 0 Å². The van der Waals surface area contributed by atoms with Crippen LogP contribution in [0.3, 0.4) is 0 Å². The molecule has 0 fully saturated rings. The van der Waals surface area contributed by atoms with E-state index in [-0.39, 0.29) is 10.6 Å². The van der Waals surface area contributed by atoms with Crippen molar-refractivity contribution in [1.29, 1.82) is 0 Å². The van der Waals surface area contributed by atoms with Crippen LogP contribution in [0.15, 0.2) is 46.9 Å². The van der Waals surface area contributed by atoms with E-state index in [1.54, 1.807) is 6.07 Å². The Kier molecular flexibility index (Phi) is 4.99. The second-order valence-electron chi connectivity index (χ2n) is 4.03. The summed E-state index contributed by atoms with van der Waals surface area (Å²) < 4.78 is 20.0. The second-order valence-corrected chi connectivity index (χ2v) is 5.86. The maximum absolute atomic E-state index is 13.9. The zero-order valence-corrected chi connectivity index (χ0v) is 13.5. The highest BCUT2D eigenvalue weighted by Gasteiger charge is 2.15. The summed E-state index contributed by atoms with van der Waals surface area (Å²) in [7, 11) is 0. The van der Waals surface area contributed by atoms with Gasteiger partial charge in [0, 0.05) is 10.0 Å². The van der Waals surface area contributed by atoms with Gasteiger partial charge in [-0.1, -0.05) is 50.1 Å². The van der Waals surface area contributed by atoms with Gasteiger partial charge in [0.2, 0.25) is 0 Å². The predicted molar refractivity (Wildman–Crippen MR) is 82.5 cm³/mol. The molecule has 1 atom stereocenters. The quantitative estimate of drug-likeness (QED) is 0.632. The van der Waals surface area contributed by atoms with Gasteiger partial charge in [0.15, 0.2) is 0 Å². The lowest BCUT2D eigenvalue weighted by Gasteiger charge is -2.13. The Balaban J connectivity index is 2.25. The van der Waals surface area contributed by atoms with Crippen LogP contribution in [0.4, 0.5) is 4.39 Å². The van der Waals surface area contributed by atoms with E-state index in [9.17, 15) is 4.39 Å². The first-order chi connectivity index (χ1) is 9.11. The van der Waals surface area contributed by atoms with Crippen LogP contribution in [0.5, 0.6) is 5.75 Å². The van der Waals surface area contributed by atoms with Crippen molar-refractivity contribution >= 4 is 31.9 Å². The Morgan fingerprint density at radius 2 is 1.84 bits per heavy atom. The predicted octanol–water partition coefficient (Wildman–Crippen LogP) is 5.47. The molecular weight excluding hydrogens is 375 g/mol.